The van der Waals surface area contributed by atoms with Crippen LogP contribution in [0.2, 0.25) is 0 Å². The third-order valence-electron chi connectivity index (χ3n) is 4.90. The van der Waals surface area contributed by atoms with Crippen LogP contribution in [0.5, 0.6) is 11.5 Å². The number of nitrogens with one attached hydrogen (secondary N) is 1. The van der Waals surface area contributed by atoms with Gasteiger partial charge in [0.15, 0.2) is 11.5 Å². The molecule has 0 radical (unpaired) electrons. The molecule has 1 unspecified atom stereocenters. The van der Waals surface area contributed by atoms with E-state index in [2.05, 4.69) is 10.4 Å². The molecule has 2 heterocycles. The zero-order chi connectivity index (χ0) is 23.5. The maximum absolute atomic E-state index is 12.9. The van der Waals surface area contributed by atoms with E-state index >= 15 is 0 Å². The van der Waals surface area contributed by atoms with Gasteiger partial charge in [0, 0.05) is 0 Å². The number of benzene rings is 2. The predicted octanol–water partition coefficient (Wildman–Crippen LogP) is 3.15. The number of ether oxygens (including phenoxy) is 2. The molecule has 1 atom stereocenters. The number of methoxy groups -OCH3 is 1. The smallest absolute Gasteiger partial charge is 0.312 e. The maximum atomic E-state index is 12.9. The number of thioether (sulfide) groups is 1. The molecule has 0 saturated carbocycles. The van der Waals surface area contributed by atoms with E-state index in [4.69, 9.17) is 9.47 Å². The first-order valence-corrected chi connectivity index (χ1v) is 10.8. The van der Waals surface area contributed by atoms with Gasteiger partial charge in [-0.3, -0.25) is 24.5 Å². The molecular weight excluding hydrogens is 446 g/mol. The Labute approximate surface area is 193 Å². The lowest BCUT2D eigenvalue weighted by atomic mass is 10.1. The summed E-state index contributed by atoms with van der Waals surface area (Å²) in [6.45, 7) is 1.75. The number of para-hydroxylation sites is 1. The van der Waals surface area contributed by atoms with Crippen molar-refractivity contribution in [3.05, 3.63) is 59.7 Å². The monoisotopic (exact) mass is 465 g/mol. The number of rotatable bonds is 6. The molecule has 2 aromatic carbocycles. The van der Waals surface area contributed by atoms with Gasteiger partial charge >= 0.3 is 5.97 Å². The van der Waals surface area contributed by atoms with Gasteiger partial charge in [-0.25, -0.2) is 0 Å². The average molecular weight is 465 g/mol. The zero-order valence-electron chi connectivity index (χ0n) is 17.7. The Kier molecular flexibility index (Phi) is 6.27. The van der Waals surface area contributed by atoms with Crippen molar-refractivity contribution >= 4 is 52.3 Å². The van der Waals surface area contributed by atoms with Gasteiger partial charge in [0.25, 0.3) is 11.1 Å². The number of carbonyl (C=O) groups is 4. The fourth-order valence-corrected chi connectivity index (χ4v) is 4.10. The van der Waals surface area contributed by atoms with E-state index in [0.717, 1.165) is 11.8 Å². The number of esters is 1. The lowest BCUT2D eigenvalue weighted by Gasteiger charge is -2.12. The van der Waals surface area contributed by atoms with E-state index < -0.39 is 22.4 Å². The Morgan fingerprint density at radius 3 is 2.58 bits per heavy atom. The van der Waals surface area contributed by atoms with Crippen LogP contribution in [0.1, 0.15) is 18.9 Å². The number of anilines is 1. The third-order valence-corrected chi connectivity index (χ3v) is 5.89. The minimum Gasteiger partial charge on any atom is -0.493 e. The molecule has 0 bridgehead atoms. The number of hydrogen-bond acceptors (Lipinski definition) is 8. The molecule has 168 valence electrons. The van der Waals surface area contributed by atoms with Gasteiger partial charge in [-0.2, -0.15) is 10.1 Å². The van der Waals surface area contributed by atoms with Crippen molar-refractivity contribution in [2.45, 2.75) is 18.6 Å². The molecule has 1 saturated heterocycles. The fourth-order valence-electron chi connectivity index (χ4n) is 3.30. The van der Waals surface area contributed by atoms with E-state index in [0.29, 0.717) is 22.5 Å². The van der Waals surface area contributed by atoms with E-state index in [1.807, 2.05) is 18.2 Å². The van der Waals surface area contributed by atoms with Crippen LogP contribution in [0.4, 0.5) is 10.5 Å². The average Bonchev–Trinajstić information content (AvgIpc) is 3.26. The number of hydrogen-bond donors (Lipinski definition) is 1. The van der Waals surface area contributed by atoms with Gasteiger partial charge in [0.1, 0.15) is 5.25 Å². The van der Waals surface area contributed by atoms with Crippen molar-refractivity contribution in [1.82, 2.24) is 5.32 Å². The third kappa shape index (κ3) is 4.80. The van der Waals surface area contributed by atoms with Gasteiger partial charge in [-0.1, -0.05) is 36.0 Å². The zero-order valence-corrected chi connectivity index (χ0v) is 18.5. The normalized spacial score (nSPS) is 19.0. The summed E-state index contributed by atoms with van der Waals surface area (Å²) < 4.78 is 10.7. The van der Waals surface area contributed by atoms with Crippen LogP contribution >= 0.6 is 11.8 Å². The van der Waals surface area contributed by atoms with E-state index in [1.165, 1.54) is 18.2 Å². The van der Waals surface area contributed by atoms with E-state index in [9.17, 15) is 19.2 Å². The first kappa shape index (κ1) is 22.3. The molecule has 2 aliphatic heterocycles. The van der Waals surface area contributed by atoms with Crippen LogP contribution in [-0.4, -0.2) is 41.1 Å². The fraction of sp³-hybridized carbons (Fsp3) is 0.174. The molecule has 1 N–H and O–H groups in total. The second kappa shape index (κ2) is 9.29. The largest absolute Gasteiger partial charge is 0.493 e. The molecule has 9 nitrogen and oxygen atoms in total. The molecule has 0 aromatic heterocycles. The highest BCUT2D eigenvalue weighted by atomic mass is 32.2. The molecule has 1 fully saturated rings. The molecule has 2 aliphatic rings. The van der Waals surface area contributed by atoms with Crippen LogP contribution in [0.3, 0.4) is 0 Å². The van der Waals surface area contributed by atoms with Crippen molar-refractivity contribution < 1.29 is 28.7 Å². The summed E-state index contributed by atoms with van der Waals surface area (Å²) in [5.41, 5.74) is 2.32. The van der Waals surface area contributed by atoms with Crippen LogP contribution in [0.25, 0.3) is 6.08 Å². The summed E-state index contributed by atoms with van der Waals surface area (Å²) in [5, 5.41) is 6.52. The SMILES string of the molecule is COc1cc(/C=C2\C(=O)N(c3ccccc3)N=C2C)ccc1OC(=O)CC1SC(=O)NC1=O. The van der Waals surface area contributed by atoms with Crippen molar-refractivity contribution in [2.24, 2.45) is 5.10 Å². The Balaban J connectivity index is 1.50. The van der Waals surface area contributed by atoms with Gasteiger partial charge in [0.2, 0.25) is 5.91 Å². The highest BCUT2D eigenvalue weighted by Gasteiger charge is 2.34. The summed E-state index contributed by atoms with van der Waals surface area (Å²) in [5.74, 6) is -1.01. The van der Waals surface area contributed by atoms with Crippen LogP contribution in [0, 0.1) is 0 Å². The molecule has 2 aromatic rings. The second-order valence-corrected chi connectivity index (χ2v) is 8.34. The highest BCUT2D eigenvalue weighted by Crippen LogP contribution is 2.31. The number of amides is 3. The summed E-state index contributed by atoms with van der Waals surface area (Å²) in [6, 6.07) is 14.0. The van der Waals surface area contributed by atoms with Crippen molar-refractivity contribution in [3.8, 4) is 11.5 Å². The standard InChI is InChI=1S/C23H19N3O6S/c1-13-16(22(29)26(25-13)15-6-4-3-5-7-15)10-14-8-9-17(18(11-14)31-2)32-20(27)12-19-21(28)24-23(30)33-19/h3-11,19H,12H2,1-2H3,(H,24,28,30)/b16-10-. The molecule has 3 amide bonds. The van der Waals surface area contributed by atoms with Crippen LogP contribution in [-0.2, 0) is 14.4 Å². The van der Waals surface area contributed by atoms with Crippen molar-refractivity contribution in [3.63, 3.8) is 0 Å². The molecule has 10 heteroatoms. The van der Waals surface area contributed by atoms with Crippen LogP contribution < -0.4 is 19.8 Å². The van der Waals surface area contributed by atoms with Crippen LogP contribution in [0.15, 0.2) is 59.2 Å². The van der Waals surface area contributed by atoms with Gasteiger partial charge in [-0.05, 0) is 42.8 Å². The first-order chi connectivity index (χ1) is 15.9. The Morgan fingerprint density at radius 2 is 1.91 bits per heavy atom. The highest BCUT2D eigenvalue weighted by molar-refractivity contribution is 8.15. The number of imide groups is 1. The van der Waals surface area contributed by atoms with Crippen molar-refractivity contribution in [2.75, 3.05) is 12.1 Å². The Morgan fingerprint density at radius 1 is 1.15 bits per heavy atom. The maximum Gasteiger partial charge on any atom is 0.312 e. The molecule has 33 heavy (non-hydrogen) atoms. The topological polar surface area (TPSA) is 114 Å². The molecule has 0 aliphatic carbocycles. The van der Waals surface area contributed by atoms with Gasteiger partial charge in [0.05, 0.1) is 30.5 Å². The Hall–Kier alpha value is -3.92. The first-order valence-electron chi connectivity index (χ1n) is 9.92. The molecule has 4 rings (SSSR count). The molecular formula is C23H19N3O6S. The lowest BCUT2D eigenvalue weighted by molar-refractivity contribution is -0.136. The molecule has 0 spiro atoms. The number of nitrogens with zero attached hydrogens (tertiary/aromatic N) is 2. The minimum atomic E-state index is -0.816. The van der Waals surface area contributed by atoms with Gasteiger partial charge in [-0.15, -0.1) is 0 Å². The Bertz CT molecular complexity index is 1210. The van der Waals surface area contributed by atoms with Crippen molar-refractivity contribution in [1.29, 1.82) is 0 Å². The predicted molar refractivity (Wildman–Crippen MR) is 123 cm³/mol. The second-order valence-electron chi connectivity index (χ2n) is 7.17. The number of carbonyl (C=O) groups excluding carboxylic acids is 4. The van der Waals surface area contributed by atoms with Gasteiger partial charge < -0.3 is 9.47 Å². The lowest BCUT2D eigenvalue weighted by Crippen LogP contribution is -2.27. The summed E-state index contributed by atoms with van der Waals surface area (Å²) in [7, 11) is 1.42. The van der Waals surface area contributed by atoms with E-state index in [1.54, 1.807) is 37.3 Å². The summed E-state index contributed by atoms with van der Waals surface area (Å²) in [6.07, 6.45) is 1.43. The summed E-state index contributed by atoms with van der Waals surface area (Å²) in [4.78, 5) is 48.0. The quantitative estimate of drug-likeness (QED) is 0.396. The number of hydrazone groups is 1. The minimum absolute atomic E-state index is 0.161. The summed E-state index contributed by atoms with van der Waals surface area (Å²) >= 11 is 0.755. The van der Waals surface area contributed by atoms with E-state index in [-0.39, 0.29) is 23.8 Å².